The number of aryl methyl sites for hydroxylation is 2. The van der Waals surface area contributed by atoms with E-state index in [1.807, 2.05) is 6.20 Å². The highest BCUT2D eigenvalue weighted by Crippen LogP contribution is 2.43. The first-order chi connectivity index (χ1) is 21.1. The lowest BCUT2D eigenvalue weighted by molar-refractivity contribution is 0.346. The lowest BCUT2D eigenvalue weighted by atomic mass is 9.70. The standard InChI is InChI=1S/C39H56N4/c1-4-6-8-10-12-14-18-33-21-25-35(26-22-33)43(36-27-23-34(24-28-36)19-15-13-11-9-7-5-2)31-30-39(3)29-17-16-20-37(39)38-32-40-42-41-38/h16-17,20-29,32,37H,4-15,18-19,30-31H2,1-3H3,(H,40,41,42). The molecule has 0 amide bonds. The summed E-state index contributed by atoms with van der Waals surface area (Å²) >= 11 is 0. The zero-order chi connectivity index (χ0) is 30.2. The first-order valence-electron chi connectivity index (χ1n) is 17.3. The average Bonchev–Trinajstić information content (AvgIpc) is 3.57. The van der Waals surface area contributed by atoms with Crippen molar-refractivity contribution in [2.45, 2.75) is 123 Å². The van der Waals surface area contributed by atoms with Crippen LogP contribution in [0.5, 0.6) is 0 Å². The summed E-state index contributed by atoms with van der Waals surface area (Å²) in [4.78, 5) is 2.51. The van der Waals surface area contributed by atoms with Gasteiger partial charge >= 0.3 is 0 Å². The van der Waals surface area contributed by atoms with Gasteiger partial charge in [-0.1, -0.05) is 134 Å². The highest BCUT2D eigenvalue weighted by atomic mass is 15.3. The number of H-pyrrole nitrogens is 1. The number of hydrogen-bond donors (Lipinski definition) is 1. The van der Waals surface area contributed by atoms with E-state index < -0.39 is 0 Å². The maximum Gasteiger partial charge on any atom is 0.0901 e. The summed E-state index contributed by atoms with van der Waals surface area (Å²) in [7, 11) is 0. The Balaban J connectivity index is 1.44. The van der Waals surface area contributed by atoms with Crippen molar-refractivity contribution in [1.29, 1.82) is 0 Å². The van der Waals surface area contributed by atoms with Crippen LogP contribution in [0.4, 0.5) is 11.4 Å². The Hall–Kier alpha value is -3.14. The number of hydrogen-bond acceptors (Lipinski definition) is 3. The van der Waals surface area contributed by atoms with Gasteiger partial charge in [-0.2, -0.15) is 15.4 Å². The third-order valence-electron chi connectivity index (χ3n) is 9.36. The smallest absolute Gasteiger partial charge is 0.0901 e. The van der Waals surface area contributed by atoms with Crippen molar-refractivity contribution in [3.63, 3.8) is 0 Å². The second kappa shape index (κ2) is 17.9. The van der Waals surface area contributed by atoms with Crippen LogP contribution in [0.25, 0.3) is 0 Å². The molecular weight excluding hydrogens is 524 g/mol. The topological polar surface area (TPSA) is 44.8 Å². The summed E-state index contributed by atoms with van der Waals surface area (Å²) in [6, 6.07) is 18.8. The molecule has 1 aromatic heterocycles. The molecule has 232 valence electrons. The molecule has 4 rings (SSSR count). The van der Waals surface area contributed by atoms with Gasteiger partial charge in [0.15, 0.2) is 0 Å². The van der Waals surface area contributed by atoms with Crippen LogP contribution >= 0.6 is 0 Å². The molecule has 2 atom stereocenters. The van der Waals surface area contributed by atoms with Crippen LogP contribution in [-0.2, 0) is 12.8 Å². The SMILES string of the molecule is CCCCCCCCc1ccc(N(CCC2(C)C=CC=CC2c2cn[nH]n2)c2ccc(CCCCCCCC)cc2)cc1. The predicted molar refractivity (Wildman–Crippen MR) is 184 cm³/mol. The maximum atomic E-state index is 4.45. The summed E-state index contributed by atoms with van der Waals surface area (Å²) in [5, 5.41) is 11.4. The molecule has 1 heterocycles. The average molecular weight is 581 g/mol. The Morgan fingerprint density at radius 3 is 1.74 bits per heavy atom. The molecule has 0 fully saturated rings. The fraction of sp³-hybridized carbons (Fsp3) is 0.538. The molecule has 4 nitrogen and oxygen atoms in total. The minimum Gasteiger partial charge on any atom is -0.341 e. The third-order valence-corrected chi connectivity index (χ3v) is 9.36. The number of aromatic amines is 1. The molecule has 0 radical (unpaired) electrons. The molecule has 0 saturated carbocycles. The number of aromatic nitrogens is 3. The van der Waals surface area contributed by atoms with E-state index in [9.17, 15) is 0 Å². The summed E-state index contributed by atoms with van der Waals surface area (Å²) < 4.78 is 0. The zero-order valence-corrected chi connectivity index (χ0v) is 27.2. The van der Waals surface area contributed by atoms with E-state index in [1.165, 1.54) is 112 Å². The van der Waals surface area contributed by atoms with Crippen LogP contribution in [0.15, 0.2) is 79.0 Å². The van der Waals surface area contributed by atoms with E-state index in [1.54, 1.807) is 0 Å². The summed E-state index contributed by atoms with van der Waals surface area (Å²) in [5.41, 5.74) is 6.41. The van der Waals surface area contributed by atoms with Gasteiger partial charge in [-0.15, -0.1) is 0 Å². The van der Waals surface area contributed by atoms with Gasteiger partial charge in [0.25, 0.3) is 0 Å². The molecule has 0 saturated heterocycles. The van der Waals surface area contributed by atoms with E-state index in [-0.39, 0.29) is 11.3 Å². The maximum absolute atomic E-state index is 4.45. The van der Waals surface area contributed by atoms with Crippen LogP contribution in [0, 0.1) is 5.41 Å². The molecule has 0 aliphatic heterocycles. The van der Waals surface area contributed by atoms with Gasteiger partial charge in [-0.25, -0.2) is 0 Å². The zero-order valence-electron chi connectivity index (χ0n) is 27.2. The second-order valence-electron chi connectivity index (χ2n) is 12.9. The van der Waals surface area contributed by atoms with Gasteiger partial charge in [-0.05, 0) is 72.9 Å². The van der Waals surface area contributed by atoms with Crippen molar-refractivity contribution < 1.29 is 0 Å². The Bertz CT molecular complexity index is 1150. The van der Waals surface area contributed by atoms with E-state index >= 15 is 0 Å². The Kier molecular flexibility index (Phi) is 13.6. The highest BCUT2D eigenvalue weighted by Gasteiger charge is 2.34. The fourth-order valence-electron chi connectivity index (χ4n) is 6.47. The molecular formula is C39H56N4. The van der Waals surface area contributed by atoms with E-state index in [4.69, 9.17) is 0 Å². The van der Waals surface area contributed by atoms with Gasteiger partial charge < -0.3 is 4.90 Å². The molecule has 1 N–H and O–H groups in total. The molecule has 43 heavy (non-hydrogen) atoms. The van der Waals surface area contributed by atoms with Gasteiger partial charge in [0.1, 0.15) is 0 Å². The fourth-order valence-corrected chi connectivity index (χ4v) is 6.47. The number of unbranched alkanes of at least 4 members (excludes halogenated alkanes) is 10. The highest BCUT2D eigenvalue weighted by molar-refractivity contribution is 5.64. The largest absolute Gasteiger partial charge is 0.341 e. The van der Waals surface area contributed by atoms with Crippen molar-refractivity contribution >= 4 is 11.4 Å². The van der Waals surface area contributed by atoms with Crippen molar-refractivity contribution in [2.75, 3.05) is 11.4 Å². The summed E-state index contributed by atoms with van der Waals surface area (Å²) in [5.74, 6) is 0.206. The number of nitrogens with one attached hydrogen (secondary N) is 1. The van der Waals surface area contributed by atoms with Crippen LogP contribution in [-0.4, -0.2) is 22.0 Å². The normalized spacial score (nSPS) is 17.9. The first-order valence-corrected chi connectivity index (χ1v) is 17.3. The molecule has 0 bridgehead atoms. The van der Waals surface area contributed by atoms with Crippen molar-refractivity contribution in [2.24, 2.45) is 5.41 Å². The molecule has 0 spiro atoms. The number of anilines is 2. The quantitative estimate of drug-likeness (QED) is 0.135. The number of nitrogens with zero attached hydrogens (tertiary/aromatic N) is 3. The Labute approximate surface area is 262 Å². The molecule has 3 aromatic rings. The lowest BCUT2D eigenvalue weighted by Crippen LogP contribution is -2.30. The molecule has 2 aromatic carbocycles. The van der Waals surface area contributed by atoms with E-state index in [0.29, 0.717) is 0 Å². The van der Waals surface area contributed by atoms with Gasteiger partial charge in [0.2, 0.25) is 0 Å². The third kappa shape index (κ3) is 10.2. The Morgan fingerprint density at radius 2 is 1.23 bits per heavy atom. The molecule has 4 heteroatoms. The van der Waals surface area contributed by atoms with Crippen LogP contribution < -0.4 is 4.90 Å². The van der Waals surface area contributed by atoms with E-state index in [2.05, 4.69) is 114 Å². The number of rotatable bonds is 20. The summed E-state index contributed by atoms with van der Waals surface area (Å²) in [6.07, 6.45) is 30.3. The predicted octanol–water partition coefficient (Wildman–Crippen LogP) is 11.1. The van der Waals surface area contributed by atoms with Crippen molar-refractivity contribution in [3.8, 4) is 0 Å². The molecule has 1 aliphatic carbocycles. The first kappa shape index (κ1) is 32.8. The number of allylic oxidation sites excluding steroid dienone is 4. The van der Waals surface area contributed by atoms with Crippen molar-refractivity contribution in [1.82, 2.24) is 15.4 Å². The minimum absolute atomic E-state index is 0.0424. The summed E-state index contributed by atoms with van der Waals surface area (Å²) in [6.45, 7) is 7.86. The second-order valence-corrected chi connectivity index (χ2v) is 12.9. The molecule has 2 unspecified atom stereocenters. The van der Waals surface area contributed by atoms with Gasteiger partial charge in [-0.3, -0.25) is 0 Å². The minimum atomic E-state index is -0.0424. The van der Waals surface area contributed by atoms with Crippen LogP contribution in [0.1, 0.15) is 127 Å². The Morgan fingerprint density at radius 1 is 0.698 bits per heavy atom. The van der Waals surface area contributed by atoms with Crippen LogP contribution in [0.3, 0.4) is 0 Å². The van der Waals surface area contributed by atoms with E-state index in [0.717, 1.165) is 18.7 Å². The van der Waals surface area contributed by atoms with Crippen molar-refractivity contribution in [3.05, 3.63) is 95.9 Å². The van der Waals surface area contributed by atoms with Crippen LogP contribution in [0.2, 0.25) is 0 Å². The monoisotopic (exact) mass is 580 g/mol. The lowest BCUT2D eigenvalue weighted by Gasteiger charge is -2.37. The van der Waals surface area contributed by atoms with Gasteiger partial charge in [0.05, 0.1) is 11.9 Å². The molecule has 1 aliphatic rings. The van der Waals surface area contributed by atoms with Gasteiger partial charge in [0, 0.05) is 23.8 Å². The number of benzene rings is 2.